The van der Waals surface area contributed by atoms with Crippen molar-refractivity contribution in [1.29, 1.82) is 0 Å². The lowest BCUT2D eigenvalue weighted by atomic mass is 9.94. The van der Waals surface area contributed by atoms with Crippen LogP contribution in [0.2, 0.25) is 0 Å². The number of hydrogen-bond donors (Lipinski definition) is 0. The fourth-order valence-electron chi connectivity index (χ4n) is 12.0. The molecule has 710 valence electrons. The number of carboxylic acids is 3. The summed E-state index contributed by atoms with van der Waals surface area (Å²) in [6.45, 7) is -6.00. The molecule has 6 rings (SSSR count). The van der Waals surface area contributed by atoms with Crippen molar-refractivity contribution in [3.8, 4) is 0 Å². The van der Waals surface area contributed by atoms with Crippen molar-refractivity contribution in [2.45, 2.75) is 184 Å². The van der Waals surface area contributed by atoms with Gasteiger partial charge in [-0.2, -0.15) is 4.89 Å². The molecule has 0 N–H and O–H groups in total. The number of carboxylic acid groups (broad SMARTS) is 3. The Balaban J connectivity index is 1.52. The Hall–Kier alpha value is -3.38. The summed E-state index contributed by atoms with van der Waals surface area (Å²) in [4.78, 5) is 44.1. The first-order valence-electron chi connectivity index (χ1n) is 30.9. The van der Waals surface area contributed by atoms with Crippen LogP contribution < -0.4 is 15.3 Å². The average molecular weight is 2000 g/mol. The first-order valence-corrected chi connectivity index (χ1v) is 45.3. The normalized spacial score (nSPS) is 36.1. The predicted octanol–water partition coefficient (Wildman–Crippen LogP) is -18.0. The third-order valence-corrected chi connectivity index (χ3v) is 20.7. The smallest absolute Gasteiger partial charge is 0.218 e. The number of rotatable bonds is 47. The van der Waals surface area contributed by atoms with E-state index in [1.54, 1.807) is 0 Å². The van der Waals surface area contributed by atoms with Gasteiger partial charge in [0.05, 0.1) is 37.7 Å². The third-order valence-electron chi connectivity index (χ3n) is 16.0. The van der Waals surface area contributed by atoms with Crippen LogP contribution in [0.1, 0.15) is 0 Å². The van der Waals surface area contributed by atoms with E-state index in [2.05, 4.69) is 56.2 Å². The van der Waals surface area contributed by atoms with Crippen LogP contribution in [0.25, 0.3) is 0 Å². The molecule has 0 amide bonds. The average Bonchev–Trinajstić information content (AvgIpc) is 0.754. The van der Waals surface area contributed by atoms with Crippen LogP contribution >= 0.6 is 12.0 Å². The zero-order valence-electron chi connectivity index (χ0n) is 59.8. The summed E-state index contributed by atoms with van der Waals surface area (Å²) >= 11 is 0.386. The highest BCUT2D eigenvalue weighted by Crippen LogP contribution is 2.43. The standard InChI is InChI=1S/C43H70O67S11/c1-80-17-14(11(8-86-112(50,51)52)89-38(85-6)29(17)102-116(62,63)64)92-41-31(104-118(68,69)70)20(83-4)23(27(97-41)36(46)47)96-40-34(107-121(77,78)79)25(101-115(59,60)61)16(13(91-40)10-88-114(56,57)58)94-42-32(105-119(71,72)73)19(82-3)22(26(98-42)35(44)45)95-39-30(103-117(65,66)67)18(81-2)15(12(90-39)9-87-113(53,54)55)93-43-33(106-120(74,75)76)21(84-5)24(28(99-43)37(48)49)100-108-109-110-111-7/h11-34,38-43H,8-10H2,1-7H3,(H,44,45)(H,46,47)(H,48,49)(H,50,51,52)(H,53,54,55)(H,56,57,58)(H,59,60,61)(H,62,63,64)(H,65,66,67)(H,68,69,70)(H,71,72,73)(H,74,75,76)(H,77,78,79)/p-13/t11?,12?,13?,14-,15-,16-,17?,18?,19?,20?,21?,22+,23-,24+,25+,26-,27?,28?,29?,30?,31+,32?,33+,34?,38+,39-,40+,41-,42+,43-/m1/s1. The van der Waals surface area contributed by atoms with Crippen LogP contribution in [0.5, 0.6) is 0 Å². The summed E-state index contributed by atoms with van der Waals surface area (Å²) < 4.78 is 510. The minimum Gasteiger partial charge on any atom is -0.726 e. The monoisotopic (exact) mass is 2000 g/mol. The van der Waals surface area contributed by atoms with Gasteiger partial charge in [-0.3, -0.25) is 41.8 Å². The van der Waals surface area contributed by atoms with Gasteiger partial charge in [0.25, 0.3) is 0 Å². The second-order valence-corrected chi connectivity index (χ2v) is 34.1. The number of methoxy groups -OCH3 is 6. The van der Waals surface area contributed by atoms with Gasteiger partial charge in [-0.25, -0.2) is 84.2 Å². The topological polar surface area (TPSA) is 979 Å². The first-order chi connectivity index (χ1) is 55.4. The fourth-order valence-corrected chi connectivity index (χ4v) is 16.3. The lowest BCUT2D eigenvalue weighted by Gasteiger charge is -2.52. The van der Waals surface area contributed by atoms with E-state index in [1.165, 1.54) is 6.26 Å². The van der Waals surface area contributed by atoms with Gasteiger partial charge in [0.15, 0.2) is 80.5 Å². The summed E-state index contributed by atoms with van der Waals surface area (Å²) in [5.74, 6) is -8.22. The highest BCUT2D eigenvalue weighted by atomic mass is 32.3. The summed E-state index contributed by atoms with van der Waals surface area (Å²) in [6, 6.07) is 0. The van der Waals surface area contributed by atoms with Gasteiger partial charge in [-0.05, 0) is 10.1 Å². The van der Waals surface area contributed by atoms with Crippen molar-refractivity contribution in [3.05, 3.63) is 0 Å². The SMILES string of the molecule is COC1C(OS(=O)(=O)[O-])[C@@H](O[C@H]2C(OC)C(OS(=O)(=O)[O-])[C@@H](O[C@@H]3C(COS(=O)(=O)[O-])O[C@@H](O[C@H]4C(C(=O)[O-])O[C@@H](O[C@@H]5C(COS(=O)(=O)[O-])O[C@H](OC)C(OS(=O)(=O)[O-])C5OC)[C@@H](OS(=O)(=O)[O-])C4OC)C(OS(=O)(=O)[O-])[C@H]3OS(=O)(=O)[O-])O[C@H]2C(=O)[O-])OC(COS(=O)(=O)[O-])[C@H]1O[C@@H]1OC(C(=O)[O-])[C@@H](OOOOSC)C(OC)[C@@H]1OS(=O)(=O)[O-]. The molecule has 6 aliphatic heterocycles. The molecule has 6 saturated heterocycles. The Kier molecular flexibility index (Phi) is 37.7. The maximum atomic E-state index is 13.5. The van der Waals surface area contributed by atoms with E-state index in [-0.39, 0.29) is 7.11 Å². The summed E-state index contributed by atoms with van der Waals surface area (Å²) in [7, 11) is -61.5. The molecular formula is C43H57O67S11-13. The molecule has 6 heterocycles. The van der Waals surface area contributed by atoms with E-state index in [0.717, 1.165) is 0 Å². The second-order valence-electron chi connectivity index (χ2n) is 23.4. The first kappa shape index (κ1) is 106. The Morgan fingerprint density at radius 3 is 0.727 bits per heavy atom. The molecule has 0 aromatic heterocycles. The Morgan fingerprint density at radius 2 is 0.479 bits per heavy atom. The van der Waals surface area contributed by atoms with Crippen LogP contribution in [0.3, 0.4) is 0 Å². The molecule has 0 radical (unpaired) electrons. The number of carbonyl (C=O) groups is 3. The lowest BCUT2D eigenvalue weighted by molar-refractivity contribution is -0.621. The lowest BCUT2D eigenvalue weighted by Crippen LogP contribution is -2.71. The van der Waals surface area contributed by atoms with Crippen molar-refractivity contribution in [2.24, 2.45) is 0 Å². The van der Waals surface area contributed by atoms with E-state index in [0.29, 0.717) is 47.6 Å². The molecule has 78 heteroatoms. The van der Waals surface area contributed by atoms with Crippen molar-refractivity contribution in [1.82, 2.24) is 0 Å². The van der Waals surface area contributed by atoms with Crippen molar-refractivity contribution < 1.29 is 301 Å². The minimum absolute atomic E-state index is 0.271. The molecule has 14 unspecified atom stereocenters. The molecule has 0 aromatic carbocycles. The van der Waals surface area contributed by atoms with Gasteiger partial charge >= 0.3 is 0 Å². The Bertz CT molecular complexity index is 4690. The van der Waals surface area contributed by atoms with Gasteiger partial charge in [0, 0.05) is 61.0 Å². The van der Waals surface area contributed by atoms with Crippen molar-refractivity contribution in [2.75, 3.05) is 68.7 Å². The third kappa shape index (κ3) is 31.8. The number of carbonyl (C=O) groups excluding carboxylic acids is 3. The van der Waals surface area contributed by atoms with Crippen LogP contribution in [-0.4, -0.2) is 401 Å². The number of ether oxygens (including phenoxy) is 17. The predicted molar refractivity (Wildman–Crippen MR) is 323 cm³/mol. The molecule has 6 fully saturated rings. The van der Waals surface area contributed by atoms with Crippen LogP contribution in [-0.2, 0) is 260 Å². The van der Waals surface area contributed by atoms with E-state index in [9.17, 15) is 159 Å². The number of aliphatic carboxylic acids is 3. The highest BCUT2D eigenvalue weighted by Gasteiger charge is 2.63. The van der Waals surface area contributed by atoms with E-state index in [1.807, 2.05) is 0 Å². The van der Waals surface area contributed by atoms with E-state index < -0.39 is 326 Å². The van der Waals surface area contributed by atoms with Gasteiger partial charge in [0.2, 0.25) is 104 Å². The zero-order chi connectivity index (χ0) is 91.8. The molecular weight excluding hydrogens is 1940 g/mol. The molecule has 0 bridgehead atoms. The van der Waals surface area contributed by atoms with Gasteiger partial charge in [0.1, 0.15) is 104 Å². The molecule has 0 spiro atoms. The summed E-state index contributed by atoms with van der Waals surface area (Å²) in [6.07, 6.45) is -91.4. The summed E-state index contributed by atoms with van der Waals surface area (Å²) in [5, 5.41) is 47.7. The number of hydrogen-bond acceptors (Lipinski definition) is 68. The van der Waals surface area contributed by atoms with Crippen LogP contribution in [0.15, 0.2) is 0 Å². The van der Waals surface area contributed by atoms with Crippen LogP contribution in [0, 0.1) is 0 Å². The molecule has 0 aromatic rings. The maximum absolute atomic E-state index is 13.5. The quantitative estimate of drug-likeness (QED) is 0.0136. The fraction of sp³-hybridized carbons (Fsp3) is 0.930. The molecule has 30 atom stereocenters. The zero-order valence-corrected chi connectivity index (χ0v) is 68.8. The summed E-state index contributed by atoms with van der Waals surface area (Å²) in [5.41, 5.74) is 0. The largest absolute Gasteiger partial charge is 0.726 e. The second kappa shape index (κ2) is 42.9. The van der Waals surface area contributed by atoms with Crippen LogP contribution in [0.4, 0.5) is 0 Å². The molecule has 0 aliphatic carbocycles. The Labute approximate surface area is 684 Å². The maximum Gasteiger partial charge on any atom is 0.218 e. The van der Waals surface area contributed by atoms with E-state index >= 15 is 0 Å². The van der Waals surface area contributed by atoms with E-state index in [4.69, 9.17) is 85.4 Å². The Morgan fingerprint density at radius 1 is 0.264 bits per heavy atom. The molecule has 0 saturated carbocycles. The van der Waals surface area contributed by atoms with Crippen molar-refractivity contribution in [3.63, 3.8) is 0 Å². The van der Waals surface area contributed by atoms with Gasteiger partial charge in [-0.1, -0.05) is 0 Å². The van der Waals surface area contributed by atoms with Gasteiger partial charge in [-0.15, -0.1) is 4.33 Å². The highest BCUT2D eigenvalue weighted by molar-refractivity contribution is 7.93. The minimum atomic E-state index is -6.95. The molecule has 6 aliphatic rings. The van der Waals surface area contributed by atoms with Crippen molar-refractivity contribution >= 4 is 134 Å². The molecule has 67 nitrogen and oxygen atoms in total. The van der Waals surface area contributed by atoms with Gasteiger partial charge < -0.3 is 156 Å². The molecule has 121 heavy (non-hydrogen) atoms.